The van der Waals surface area contributed by atoms with E-state index in [2.05, 4.69) is 34.1 Å². The van der Waals surface area contributed by atoms with Gasteiger partial charge in [0.25, 0.3) is 11.8 Å². The van der Waals surface area contributed by atoms with Gasteiger partial charge in [-0.3, -0.25) is 19.8 Å². The lowest BCUT2D eigenvalue weighted by atomic mass is 10.1. The summed E-state index contributed by atoms with van der Waals surface area (Å²) in [7, 11) is 1.57. The van der Waals surface area contributed by atoms with Crippen LogP contribution in [-0.2, 0) is 9.59 Å². The maximum Gasteiger partial charge on any atom is 0.270 e. The van der Waals surface area contributed by atoms with Gasteiger partial charge in [-0.2, -0.15) is 0 Å². The first-order chi connectivity index (χ1) is 15.3. The summed E-state index contributed by atoms with van der Waals surface area (Å²) in [6.45, 7) is 6.01. The minimum Gasteiger partial charge on any atom is -0.497 e. The molecule has 2 amide bonds. The third kappa shape index (κ3) is 3.83. The van der Waals surface area contributed by atoms with Gasteiger partial charge in [-0.1, -0.05) is 17.7 Å². The second kappa shape index (κ2) is 8.43. The van der Waals surface area contributed by atoms with E-state index in [1.807, 2.05) is 26.8 Å². The first-order valence-electron chi connectivity index (χ1n) is 10.1. The van der Waals surface area contributed by atoms with Gasteiger partial charge in [0.1, 0.15) is 11.3 Å². The molecule has 162 valence electrons. The summed E-state index contributed by atoms with van der Waals surface area (Å²) in [6.07, 6.45) is 1.63. The first kappa shape index (κ1) is 21.5. The zero-order valence-corrected chi connectivity index (χ0v) is 19.1. The fourth-order valence-electron chi connectivity index (χ4n) is 3.80. The number of aryl methyl sites for hydroxylation is 2. The summed E-state index contributed by atoms with van der Waals surface area (Å²) in [4.78, 5) is 27.3. The Balaban J connectivity index is 1.73. The Labute approximate surface area is 192 Å². The smallest absolute Gasteiger partial charge is 0.270 e. The molecule has 0 aliphatic carbocycles. The average Bonchev–Trinajstić information content (AvgIpc) is 3.05. The van der Waals surface area contributed by atoms with Gasteiger partial charge in [0.15, 0.2) is 5.11 Å². The van der Waals surface area contributed by atoms with Gasteiger partial charge in [0.05, 0.1) is 12.8 Å². The summed E-state index contributed by atoms with van der Waals surface area (Å²) in [5.74, 6) is -0.318. The van der Waals surface area contributed by atoms with Gasteiger partial charge in [-0.05, 0) is 87.1 Å². The number of nitrogens with zero attached hydrogens (tertiary/aromatic N) is 2. The van der Waals surface area contributed by atoms with Gasteiger partial charge in [-0.25, -0.2) is 0 Å². The quantitative estimate of drug-likeness (QED) is 0.371. The Morgan fingerprint density at radius 3 is 2.19 bits per heavy atom. The maximum absolute atomic E-state index is 13.3. The van der Waals surface area contributed by atoms with Crippen LogP contribution >= 0.6 is 12.2 Å². The fraction of sp³-hybridized carbons (Fsp3) is 0.160. The van der Waals surface area contributed by atoms with Crippen LogP contribution in [0.1, 0.15) is 22.5 Å². The van der Waals surface area contributed by atoms with Gasteiger partial charge < -0.3 is 9.30 Å². The SMILES string of the molecule is COc1ccc(N2C(=O)/C(=C\c3cc(C)n(-c4ccc(C)cc4)c3C)C(=O)NC2=S)cc1. The molecule has 0 unspecified atom stereocenters. The molecule has 1 saturated heterocycles. The van der Waals surface area contributed by atoms with Crippen molar-refractivity contribution in [2.24, 2.45) is 0 Å². The Kier molecular flexibility index (Phi) is 5.67. The second-order valence-electron chi connectivity index (χ2n) is 7.65. The van der Waals surface area contributed by atoms with Crippen LogP contribution in [-0.4, -0.2) is 28.6 Å². The monoisotopic (exact) mass is 445 g/mol. The van der Waals surface area contributed by atoms with E-state index in [1.54, 1.807) is 37.5 Å². The van der Waals surface area contributed by atoms with Crippen LogP contribution in [0.5, 0.6) is 5.75 Å². The van der Waals surface area contributed by atoms with E-state index >= 15 is 0 Å². The standard InChI is InChI=1S/C25H23N3O3S/c1-15-5-7-19(8-6-15)27-16(2)13-18(17(27)3)14-22-23(29)26-25(32)28(24(22)30)20-9-11-21(31-4)12-10-20/h5-14H,1-4H3,(H,26,29,32)/b22-14-. The van der Waals surface area contributed by atoms with Crippen molar-refractivity contribution in [3.05, 3.63) is 82.7 Å². The number of rotatable bonds is 4. The minimum atomic E-state index is -0.509. The molecule has 2 heterocycles. The van der Waals surface area contributed by atoms with Crippen LogP contribution in [0, 0.1) is 20.8 Å². The summed E-state index contributed by atoms with van der Waals surface area (Å²) in [6, 6.07) is 17.1. The number of benzene rings is 2. The lowest BCUT2D eigenvalue weighted by molar-refractivity contribution is -0.122. The molecule has 0 spiro atoms. The van der Waals surface area contributed by atoms with Crippen LogP contribution in [0.3, 0.4) is 0 Å². The summed E-state index contributed by atoms with van der Waals surface area (Å²) in [5, 5.41) is 2.68. The third-order valence-electron chi connectivity index (χ3n) is 5.49. The molecule has 6 nitrogen and oxygen atoms in total. The van der Waals surface area contributed by atoms with E-state index in [9.17, 15) is 9.59 Å². The molecule has 4 rings (SSSR count). The van der Waals surface area contributed by atoms with Crippen LogP contribution in [0.4, 0.5) is 5.69 Å². The summed E-state index contributed by atoms with van der Waals surface area (Å²) < 4.78 is 7.28. The molecule has 2 aromatic carbocycles. The Hall–Kier alpha value is -3.71. The van der Waals surface area contributed by atoms with E-state index in [0.29, 0.717) is 11.4 Å². The van der Waals surface area contributed by atoms with Crippen molar-refractivity contribution in [3.8, 4) is 11.4 Å². The predicted octanol–water partition coefficient (Wildman–Crippen LogP) is 4.24. The average molecular weight is 446 g/mol. The van der Waals surface area contributed by atoms with Crippen molar-refractivity contribution in [2.45, 2.75) is 20.8 Å². The van der Waals surface area contributed by atoms with Crippen molar-refractivity contribution in [1.82, 2.24) is 9.88 Å². The number of amides is 2. The summed E-state index contributed by atoms with van der Waals surface area (Å²) >= 11 is 5.28. The summed E-state index contributed by atoms with van der Waals surface area (Å²) in [5.41, 5.74) is 5.51. The molecule has 7 heteroatoms. The highest BCUT2D eigenvalue weighted by Gasteiger charge is 2.34. The number of aromatic nitrogens is 1. The number of carbonyl (C=O) groups is 2. The topological polar surface area (TPSA) is 63.6 Å². The van der Waals surface area contributed by atoms with Gasteiger partial charge in [-0.15, -0.1) is 0 Å². The highest BCUT2D eigenvalue weighted by molar-refractivity contribution is 7.80. The lowest BCUT2D eigenvalue weighted by Gasteiger charge is -2.29. The molecule has 1 fully saturated rings. The van der Waals surface area contributed by atoms with Gasteiger partial charge in [0, 0.05) is 17.1 Å². The Morgan fingerprint density at radius 2 is 1.56 bits per heavy atom. The van der Waals surface area contributed by atoms with Crippen LogP contribution in [0.15, 0.2) is 60.2 Å². The second-order valence-corrected chi connectivity index (χ2v) is 8.04. The van der Waals surface area contributed by atoms with Crippen molar-refractivity contribution in [1.29, 1.82) is 0 Å². The Bertz CT molecular complexity index is 1250. The molecule has 32 heavy (non-hydrogen) atoms. The molecule has 0 radical (unpaired) electrons. The molecule has 1 aliphatic rings. The Morgan fingerprint density at radius 1 is 0.938 bits per heavy atom. The lowest BCUT2D eigenvalue weighted by Crippen LogP contribution is -2.54. The number of hydrogen-bond donors (Lipinski definition) is 1. The number of thiocarbonyl (C=S) groups is 1. The van der Waals surface area contributed by atoms with Crippen LogP contribution in [0.2, 0.25) is 0 Å². The van der Waals surface area contributed by atoms with Crippen LogP contribution < -0.4 is 15.0 Å². The van der Waals surface area contributed by atoms with Crippen molar-refractivity contribution in [2.75, 3.05) is 12.0 Å². The molecular formula is C25H23N3O3S. The van der Waals surface area contributed by atoms with E-state index in [0.717, 1.165) is 22.6 Å². The molecule has 1 aliphatic heterocycles. The fourth-order valence-corrected chi connectivity index (χ4v) is 4.08. The highest BCUT2D eigenvalue weighted by atomic mass is 32.1. The molecule has 1 N–H and O–H groups in total. The normalized spacial score (nSPS) is 15.3. The predicted molar refractivity (Wildman–Crippen MR) is 129 cm³/mol. The van der Waals surface area contributed by atoms with E-state index < -0.39 is 11.8 Å². The molecule has 0 bridgehead atoms. The molecule has 1 aromatic heterocycles. The number of nitrogens with one attached hydrogen (secondary N) is 1. The number of methoxy groups -OCH3 is 1. The number of hydrogen-bond acceptors (Lipinski definition) is 4. The first-order valence-corrected chi connectivity index (χ1v) is 10.5. The molecule has 0 atom stereocenters. The number of carbonyl (C=O) groups excluding carboxylic acids is 2. The zero-order chi connectivity index (χ0) is 23.0. The molecule has 0 saturated carbocycles. The van der Waals surface area contributed by atoms with Crippen LogP contribution in [0.25, 0.3) is 11.8 Å². The largest absolute Gasteiger partial charge is 0.497 e. The zero-order valence-electron chi connectivity index (χ0n) is 18.3. The van der Waals surface area contributed by atoms with E-state index in [4.69, 9.17) is 17.0 Å². The van der Waals surface area contributed by atoms with Gasteiger partial charge in [0.2, 0.25) is 0 Å². The number of ether oxygens (including phenoxy) is 1. The third-order valence-corrected chi connectivity index (χ3v) is 5.78. The van der Waals surface area contributed by atoms with Crippen molar-refractivity contribution >= 4 is 40.9 Å². The highest BCUT2D eigenvalue weighted by Crippen LogP contribution is 2.27. The van der Waals surface area contributed by atoms with Crippen molar-refractivity contribution in [3.63, 3.8) is 0 Å². The van der Waals surface area contributed by atoms with Gasteiger partial charge >= 0.3 is 0 Å². The van der Waals surface area contributed by atoms with Crippen molar-refractivity contribution < 1.29 is 14.3 Å². The maximum atomic E-state index is 13.3. The number of anilines is 1. The molecular weight excluding hydrogens is 422 g/mol. The molecule has 3 aromatic rings. The van der Waals surface area contributed by atoms with E-state index in [1.165, 1.54) is 10.5 Å². The van der Waals surface area contributed by atoms with E-state index in [-0.39, 0.29) is 10.7 Å². The minimum absolute atomic E-state index is 0.0265.